The van der Waals surface area contributed by atoms with E-state index in [1.165, 1.54) is 12.8 Å². The zero-order valence-corrected chi connectivity index (χ0v) is 15.5. The van der Waals surface area contributed by atoms with Crippen LogP contribution in [0.15, 0.2) is 29.6 Å². The fourth-order valence-electron chi connectivity index (χ4n) is 2.93. The molecule has 0 radical (unpaired) electrons. The van der Waals surface area contributed by atoms with E-state index in [2.05, 4.69) is 20.6 Å². The molecule has 1 fully saturated rings. The minimum Gasteiger partial charge on any atom is -0.497 e. The molecule has 134 valence electrons. The monoisotopic (exact) mass is 359 g/mol. The fraction of sp³-hybridized carbons (Fsp3) is 0.474. The molecule has 0 aliphatic carbocycles. The number of amides is 1. The molecule has 0 spiro atoms. The van der Waals surface area contributed by atoms with Gasteiger partial charge in [0.05, 0.1) is 12.8 Å². The number of nitrogens with one attached hydrogen (secondary N) is 1. The van der Waals surface area contributed by atoms with Crippen LogP contribution in [0.1, 0.15) is 30.5 Å². The van der Waals surface area contributed by atoms with E-state index in [4.69, 9.17) is 4.74 Å². The number of carbonyl (C=O) groups is 1. The van der Waals surface area contributed by atoms with Gasteiger partial charge >= 0.3 is 0 Å². The Balaban J connectivity index is 1.36. The Kier molecular flexibility index (Phi) is 6.28. The molecule has 2 heterocycles. The number of methoxy groups -OCH3 is 1. The highest BCUT2D eigenvalue weighted by atomic mass is 32.1. The van der Waals surface area contributed by atoms with Gasteiger partial charge in [-0.05, 0) is 37.0 Å². The Morgan fingerprint density at radius 3 is 2.72 bits per heavy atom. The van der Waals surface area contributed by atoms with Crippen LogP contribution in [0.4, 0.5) is 5.13 Å². The molecule has 0 atom stereocenters. The molecule has 25 heavy (non-hydrogen) atoms. The van der Waals surface area contributed by atoms with Crippen molar-refractivity contribution < 1.29 is 9.53 Å². The number of hydrogen-bond acceptors (Lipinski definition) is 5. The minimum atomic E-state index is 0.0887. The number of aryl methyl sites for hydroxylation is 1. The molecule has 0 saturated carbocycles. The number of carbonyl (C=O) groups excluding carboxylic acids is 1. The van der Waals surface area contributed by atoms with E-state index in [0.717, 1.165) is 48.1 Å². The van der Waals surface area contributed by atoms with Crippen LogP contribution in [0.5, 0.6) is 5.75 Å². The van der Waals surface area contributed by atoms with Crippen LogP contribution in [0.25, 0.3) is 0 Å². The molecule has 6 heteroatoms. The molecule has 0 unspecified atom stereocenters. The summed E-state index contributed by atoms with van der Waals surface area (Å²) >= 11 is 1.71. The molecular formula is C19H25N3O2S. The van der Waals surface area contributed by atoms with Gasteiger partial charge < -0.3 is 15.0 Å². The maximum atomic E-state index is 12.0. The number of ether oxygens (including phenoxy) is 1. The minimum absolute atomic E-state index is 0.0887. The van der Waals surface area contributed by atoms with Crippen LogP contribution in [-0.4, -0.2) is 37.6 Å². The standard InChI is InChI=1S/C19H25N3O2S/c1-24-17-7-4-15(5-8-17)6-9-18(23)20-11-10-16-14-25-19(21-16)22-12-2-3-13-22/h4-5,7-8,14H,2-3,6,9-13H2,1H3,(H,20,23). The summed E-state index contributed by atoms with van der Waals surface area (Å²) in [5, 5.41) is 6.22. The highest BCUT2D eigenvalue weighted by Gasteiger charge is 2.15. The van der Waals surface area contributed by atoms with E-state index in [1.54, 1.807) is 18.4 Å². The van der Waals surface area contributed by atoms with E-state index in [9.17, 15) is 4.79 Å². The van der Waals surface area contributed by atoms with Crippen LogP contribution in [0.3, 0.4) is 0 Å². The van der Waals surface area contributed by atoms with Gasteiger partial charge in [-0.15, -0.1) is 11.3 Å². The van der Waals surface area contributed by atoms with E-state index < -0.39 is 0 Å². The third kappa shape index (κ3) is 5.19. The number of rotatable bonds is 8. The van der Waals surface area contributed by atoms with Crippen LogP contribution in [0.2, 0.25) is 0 Å². The number of aromatic nitrogens is 1. The number of anilines is 1. The summed E-state index contributed by atoms with van der Waals surface area (Å²) in [6.45, 7) is 2.88. The van der Waals surface area contributed by atoms with Gasteiger partial charge in [0.25, 0.3) is 0 Å². The van der Waals surface area contributed by atoms with E-state index in [1.807, 2.05) is 24.3 Å². The van der Waals surface area contributed by atoms with Gasteiger partial charge in [-0.1, -0.05) is 12.1 Å². The third-order valence-electron chi connectivity index (χ3n) is 4.42. The van der Waals surface area contributed by atoms with Gasteiger partial charge in [0, 0.05) is 37.9 Å². The molecule has 0 bridgehead atoms. The summed E-state index contributed by atoms with van der Waals surface area (Å²) in [7, 11) is 1.65. The van der Waals surface area contributed by atoms with Gasteiger partial charge in [0.15, 0.2) is 5.13 Å². The van der Waals surface area contributed by atoms with Crippen molar-refractivity contribution in [1.82, 2.24) is 10.3 Å². The summed E-state index contributed by atoms with van der Waals surface area (Å²) in [6.07, 6.45) is 4.56. The van der Waals surface area contributed by atoms with E-state index >= 15 is 0 Å². The number of benzene rings is 1. The van der Waals surface area contributed by atoms with Gasteiger partial charge in [-0.3, -0.25) is 4.79 Å². The van der Waals surface area contributed by atoms with E-state index in [-0.39, 0.29) is 5.91 Å². The average molecular weight is 359 g/mol. The summed E-state index contributed by atoms with van der Waals surface area (Å²) in [5.41, 5.74) is 2.22. The lowest BCUT2D eigenvalue weighted by Crippen LogP contribution is -2.26. The molecule has 1 amide bonds. The molecule has 3 rings (SSSR count). The first-order valence-corrected chi connectivity index (χ1v) is 9.71. The second-order valence-corrected chi connectivity index (χ2v) is 7.10. The molecule has 1 aromatic carbocycles. The van der Waals surface area contributed by atoms with Gasteiger partial charge in [0.2, 0.25) is 5.91 Å². The zero-order valence-electron chi connectivity index (χ0n) is 14.7. The highest BCUT2D eigenvalue weighted by molar-refractivity contribution is 7.13. The predicted molar refractivity (Wildman–Crippen MR) is 102 cm³/mol. The van der Waals surface area contributed by atoms with Crippen molar-refractivity contribution in [2.24, 2.45) is 0 Å². The molecule has 1 N–H and O–H groups in total. The lowest BCUT2D eigenvalue weighted by molar-refractivity contribution is -0.121. The number of thiazole rings is 1. The highest BCUT2D eigenvalue weighted by Crippen LogP contribution is 2.24. The molecule has 5 nitrogen and oxygen atoms in total. The van der Waals surface area contributed by atoms with Crippen LogP contribution < -0.4 is 15.0 Å². The molecular weight excluding hydrogens is 334 g/mol. The molecule has 2 aromatic rings. The summed E-state index contributed by atoms with van der Waals surface area (Å²) in [4.78, 5) is 19.0. The van der Waals surface area contributed by atoms with Crippen molar-refractivity contribution in [3.63, 3.8) is 0 Å². The lowest BCUT2D eigenvalue weighted by Gasteiger charge is -2.12. The smallest absolute Gasteiger partial charge is 0.220 e. The first-order chi connectivity index (χ1) is 12.2. The lowest BCUT2D eigenvalue weighted by atomic mass is 10.1. The average Bonchev–Trinajstić information content (AvgIpc) is 3.32. The Bertz CT molecular complexity index is 678. The van der Waals surface area contributed by atoms with Gasteiger partial charge in [-0.2, -0.15) is 0 Å². The van der Waals surface area contributed by atoms with Crippen LogP contribution in [-0.2, 0) is 17.6 Å². The Morgan fingerprint density at radius 1 is 1.24 bits per heavy atom. The summed E-state index contributed by atoms with van der Waals surface area (Å²) in [6, 6.07) is 7.85. The maximum Gasteiger partial charge on any atom is 0.220 e. The number of hydrogen-bond donors (Lipinski definition) is 1. The largest absolute Gasteiger partial charge is 0.497 e. The van der Waals surface area contributed by atoms with Crippen molar-refractivity contribution in [2.75, 3.05) is 31.6 Å². The van der Waals surface area contributed by atoms with Crippen molar-refractivity contribution in [3.8, 4) is 5.75 Å². The molecule has 1 aliphatic rings. The van der Waals surface area contributed by atoms with Crippen molar-refractivity contribution in [3.05, 3.63) is 40.9 Å². The van der Waals surface area contributed by atoms with Gasteiger partial charge in [0.1, 0.15) is 5.75 Å². The van der Waals surface area contributed by atoms with E-state index in [0.29, 0.717) is 13.0 Å². The van der Waals surface area contributed by atoms with Crippen molar-refractivity contribution in [2.45, 2.75) is 32.1 Å². The zero-order chi connectivity index (χ0) is 17.5. The van der Waals surface area contributed by atoms with Crippen molar-refractivity contribution in [1.29, 1.82) is 0 Å². The van der Waals surface area contributed by atoms with Crippen LogP contribution in [0, 0.1) is 0 Å². The Labute approximate surface area is 153 Å². The second kappa shape index (κ2) is 8.85. The normalized spacial score (nSPS) is 13.9. The summed E-state index contributed by atoms with van der Waals surface area (Å²) in [5.74, 6) is 0.926. The second-order valence-electron chi connectivity index (χ2n) is 6.26. The van der Waals surface area contributed by atoms with Crippen molar-refractivity contribution >= 4 is 22.4 Å². The maximum absolute atomic E-state index is 12.0. The first-order valence-electron chi connectivity index (χ1n) is 8.83. The Hall–Kier alpha value is -2.08. The molecule has 1 aromatic heterocycles. The van der Waals surface area contributed by atoms with Gasteiger partial charge in [-0.25, -0.2) is 4.98 Å². The predicted octanol–water partition coefficient (Wildman–Crippen LogP) is 3.04. The third-order valence-corrected chi connectivity index (χ3v) is 5.37. The first kappa shape index (κ1) is 17.7. The Morgan fingerprint density at radius 2 is 2.00 bits per heavy atom. The fourth-order valence-corrected chi connectivity index (χ4v) is 3.85. The quantitative estimate of drug-likeness (QED) is 0.787. The summed E-state index contributed by atoms with van der Waals surface area (Å²) < 4.78 is 5.14. The SMILES string of the molecule is COc1ccc(CCC(=O)NCCc2csc(N3CCCC3)n2)cc1. The number of nitrogens with zero attached hydrogens (tertiary/aromatic N) is 2. The van der Waals surface area contributed by atoms with Crippen LogP contribution >= 0.6 is 11.3 Å². The topological polar surface area (TPSA) is 54.5 Å². The molecule has 1 aliphatic heterocycles. The molecule has 1 saturated heterocycles.